The van der Waals surface area contributed by atoms with Crippen LogP contribution in [0.2, 0.25) is 0 Å². The Bertz CT molecular complexity index is 195. The van der Waals surface area contributed by atoms with E-state index in [1.807, 2.05) is 0 Å². The standard InChI is InChI=1S/C9H17F2NO2/c1-5-14-8(13)9(10,11)6-12(4)7(2)3/h7H,5-6H2,1-4H3. The number of halogens is 2. The summed E-state index contributed by atoms with van der Waals surface area (Å²) in [5.74, 6) is -4.87. The van der Waals surface area contributed by atoms with Gasteiger partial charge in [-0.15, -0.1) is 0 Å². The summed E-state index contributed by atoms with van der Waals surface area (Å²) >= 11 is 0. The van der Waals surface area contributed by atoms with E-state index in [4.69, 9.17) is 0 Å². The van der Waals surface area contributed by atoms with Crippen LogP contribution in [0.15, 0.2) is 0 Å². The van der Waals surface area contributed by atoms with Gasteiger partial charge in [-0.1, -0.05) is 0 Å². The summed E-state index contributed by atoms with van der Waals surface area (Å²) in [7, 11) is 1.54. The second kappa shape index (κ2) is 5.24. The third-order valence-electron chi connectivity index (χ3n) is 1.90. The van der Waals surface area contributed by atoms with Crippen LogP contribution in [0.5, 0.6) is 0 Å². The number of carbonyl (C=O) groups is 1. The number of alkyl halides is 2. The van der Waals surface area contributed by atoms with Gasteiger partial charge in [0.15, 0.2) is 0 Å². The van der Waals surface area contributed by atoms with Gasteiger partial charge in [-0.25, -0.2) is 4.79 Å². The van der Waals surface area contributed by atoms with E-state index in [0.717, 1.165) is 0 Å². The van der Waals surface area contributed by atoms with Crippen LogP contribution in [0.4, 0.5) is 8.78 Å². The third-order valence-corrected chi connectivity index (χ3v) is 1.90. The normalized spacial score (nSPS) is 12.3. The lowest BCUT2D eigenvalue weighted by Crippen LogP contribution is -2.44. The summed E-state index contributed by atoms with van der Waals surface area (Å²) in [6, 6.07) is -0.0321. The van der Waals surface area contributed by atoms with Gasteiger partial charge in [-0.05, 0) is 27.8 Å². The van der Waals surface area contributed by atoms with Gasteiger partial charge in [0, 0.05) is 6.04 Å². The van der Waals surface area contributed by atoms with E-state index in [-0.39, 0.29) is 12.6 Å². The zero-order chi connectivity index (χ0) is 11.4. The van der Waals surface area contributed by atoms with Crippen molar-refractivity contribution in [3.8, 4) is 0 Å². The Hall–Kier alpha value is -0.710. The van der Waals surface area contributed by atoms with Gasteiger partial charge < -0.3 is 4.74 Å². The molecule has 0 aromatic heterocycles. The second-order valence-corrected chi connectivity index (χ2v) is 3.43. The van der Waals surface area contributed by atoms with Gasteiger partial charge in [-0.3, -0.25) is 4.90 Å². The van der Waals surface area contributed by atoms with Crippen LogP contribution in [-0.2, 0) is 9.53 Å². The van der Waals surface area contributed by atoms with Crippen molar-refractivity contribution < 1.29 is 18.3 Å². The smallest absolute Gasteiger partial charge is 0.378 e. The number of rotatable bonds is 5. The summed E-state index contributed by atoms with van der Waals surface area (Å²) < 4.78 is 30.5. The number of hydrogen-bond acceptors (Lipinski definition) is 3. The van der Waals surface area contributed by atoms with Crippen molar-refractivity contribution in [3.63, 3.8) is 0 Å². The molecule has 14 heavy (non-hydrogen) atoms. The third kappa shape index (κ3) is 4.00. The highest BCUT2D eigenvalue weighted by molar-refractivity contribution is 5.77. The van der Waals surface area contributed by atoms with Crippen LogP contribution < -0.4 is 0 Å². The Balaban J connectivity index is 4.25. The molecule has 5 heteroatoms. The lowest BCUT2D eigenvalue weighted by molar-refractivity contribution is -0.174. The van der Waals surface area contributed by atoms with Crippen LogP contribution in [-0.4, -0.2) is 43.0 Å². The average molecular weight is 209 g/mol. The fourth-order valence-electron chi connectivity index (χ4n) is 0.797. The average Bonchev–Trinajstić information content (AvgIpc) is 2.03. The number of hydrogen-bond donors (Lipinski definition) is 0. The Labute approximate surface area is 83.0 Å². The molecule has 0 fully saturated rings. The van der Waals surface area contributed by atoms with Crippen molar-refractivity contribution in [2.75, 3.05) is 20.2 Å². The first-order valence-corrected chi connectivity index (χ1v) is 4.56. The molecule has 3 nitrogen and oxygen atoms in total. The quantitative estimate of drug-likeness (QED) is 0.643. The second-order valence-electron chi connectivity index (χ2n) is 3.43. The van der Waals surface area contributed by atoms with Gasteiger partial charge in [0.05, 0.1) is 13.2 Å². The summed E-state index contributed by atoms with van der Waals surface area (Å²) in [4.78, 5) is 12.2. The highest BCUT2D eigenvalue weighted by Crippen LogP contribution is 2.17. The number of carbonyl (C=O) groups excluding carboxylic acids is 1. The van der Waals surface area contributed by atoms with Crippen LogP contribution >= 0.6 is 0 Å². The van der Waals surface area contributed by atoms with Crippen molar-refractivity contribution in [1.82, 2.24) is 4.90 Å². The fraction of sp³-hybridized carbons (Fsp3) is 0.889. The van der Waals surface area contributed by atoms with E-state index < -0.39 is 18.4 Å². The molecule has 0 unspecified atom stereocenters. The van der Waals surface area contributed by atoms with Gasteiger partial charge in [-0.2, -0.15) is 8.78 Å². The highest BCUT2D eigenvalue weighted by atomic mass is 19.3. The zero-order valence-electron chi connectivity index (χ0n) is 9.01. The maximum absolute atomic E-state index is 13.1. The molecule has 0 rings (SSSR count). The molecule has 0 N–H and O–H groups in total. The topological polar surface area (TPSA) is 29.5 Å². The largest absolute Gasteiger partial charge is 0.462 e. The van der Waals surface area contributed by atoms with Crippen molar-refractivity contribution in [3.05, 3.63) is 0 Å². The molecule has 0 amide bonds. The predicted molar refractivity (Wildman–Crippen MR) is 49.3 cm³/mol. The minimum Gasteiger partial charge on any atom is -0.462 e. The van der Waals surface area contributed by atoms with E-state index in [0.29, 0.717) is 0 Å². The van der Waals surface area contributed by atoms with Crippen molar-refractivity contribution in [1.29, 1.82) is 0 Å². The molecule has 0 saturated carbocycles. The van der Waals surface area contributed by atoms with E-state index >= 15 is 0 Å². The molecule has 0 bridgehead atoms. The van der Waals surface area contributed by atoms with Crippen molar-refractivity contribution in [2.45, 2.75) is 32.7 Å². The minimum atomic E-state index is -3.42. The number of nitrogens with zero attached hydrogens (tertiary/aromatic N) is 1. The molecule has 84 valence electrons. The van der Waals surface area contributed by atoms with Gasteiger partial charge in [0.25, 0.3) is 0 Å². The van der Waals surface area contributed by atoms with Gasteiger partial charge >= 0.3 is 11.9 Å². The maximum atomic E-state index is 13.1. The molecular formula is C9H17F2NO2. The molecule has 0 heterocycles. The Morgan fingerprint density at radius 1 is 1.50 bits per heavy atom. The van der Waals surface area contributed by atoms with Crippen LogP contribution in [0, 0.1) is 0 Å². The zero-order valence-corrected chi connectivity index (χ0v) is 9.01. The molecule has 0 aromatic carbocycles. The Kier molecular flexibility index (Phi) is 4.97. The molecular weight excluding hydrogens is 192 g/mol. The molecule has 0 aliphatic carbocycles. The fourth-order valence-corrected chi connectivity index (χ4v) is 0.797. The first kappa shape index (κ1) is 13.3. The number of esters is 1. The van der Waals surface area contributed by atoms with E-state index in [2.05, 4.69) is 4.74 Å². The van der Waals surface area contributed by atoms with E-state index in [9.17, 15) is 13.6 Å². The van der Waals surface area contributed by atoms with Crippen molar-refractivity contribution >= 4 is 5.97 Å². The molecule has 0 aromatic rings. The summed E-state index contributed by atoms with van der Waals surface area (Å²) in [6.07, 6.45) is 0. The molecule has 0 aliphatic heterocycles. The van der Waals surface area contributed by atoms with Gasteiger partial charge in [0.2, 0.25) is 0 Å². The summed E-state index contributed by atoms with van der Waals surface area (Å²) in [5, 5.41) is 0. The predicted octanol–water partition coefficient (Wildman–Crippen LogP) is 1.52. The SMILES string of the molecule is CCOC(=O)C(F)(F)CN(C)C(C)C. The first-order chi connectivity index (χ1) is 6.31. The Morgan fingerprint density at radius 3 is 2.36 bits per heavy atom. The molecule has 0 spiro atoms. The van der Waals surface area contributed by atoms with Crippen LogP contribution in [0.3, 0.4) is 0 Å². The first-order valence-electron chi connectivity index (χ1n) is 4.56. The minimum absolute atomic E-state index is 0.0280. The van der Waals surface area contributed by atoms with E-state index in [1.54, 1.807) is 13.8 Å². The monoisotopic (exact) mass is 209 g/mol. The highest BCUT2D eigenvalue weighted by Gasteiger charge is 2.41. The van der Waals surface area contributed by atoms with Crippen LogP contribution in [0.1, 0.15) is 20.8 Å². The number of ether oxygens (including phenoxy) is 1. The molecule has 0 radical (unpaired) electrons. The lowest BCUT2D eigenvalue weighted by Gasteiger charge is -2.25. The van der Waals surface area contributed by atoms with Crippen LogP contribution in [0.25, 0.3) is 0 Å². The maximum Gasteiger partial charge on any atom is 0.378 e. The molecule has 0 aliphatic rings. The van der Waals surface area contributed by atoms with E-state index in [1.165, 1.54) is 18.9 Å². The Morgan fingerprint density at radius 2 is 2.00 bits per heavy atom. The van der Waals surface area contributed by atoms with Crippen molar-refractivity contribution in [2.24, 2.45) is 0 Å². The summed E-state index contributed by atoms with van der Waals surface area (Å²) in [6.45, 7) is 4.42. The summed E-state index contributed by atoms with van der Waals surface area (Å²) in [5.41, 5.74) is 0. The molecule has 0 saturated heterocycles. The molecule has 0 atom stereocenters. The van der Waals surface area contributed by atoms with Gasteiger partial charge in [0.1, 0.15) is 0 Å². The lowest BCUT2D eigenvalue weighted by atomic mass is 10.2.